The molecule has 0 radical (unpaired) electrons. The van der Waals surface area contributed by atoms with Crippen molar-refractivity contribution in [3.05, 3.63) is 30.3 Å². The highest BCUT2D eigenvalue weighted by atomic mass is 127. The molecule has 1 aliphatic heterocycles. The van der Waals surface area contributed by atoms with Gasteiger partial charge >= 0.3 is 0 Å². The largest absolute Gasteiger partial charge is 0.385 e. The van der Waals surface area contributed by atoms with Crippen LogP contribution in [0, 0.1) is 0 Å². The lowest BCUT2D eigenvalue weighted by Gasteiger charge is -2.33. The number of ether oxygens (including phenoxy) is 1. The van der Waals surface area contributed by atoms with E-state index in [1.54, 1.807) is 7.11 Å². The molecule has 8 heteroatoms. The van der Waals surface area contributed by atoms with Gasteiger partial charge in [-0.15, -0.1) is 24.0 Å². The summed E-state index contributed by atoms with van der Waals surface area (Å²) in [4.78, 5) is 8.00. The smallest absolute Gasteiger partial charge is 0.191 e. The van der Waals surface area contributed by atoms with Gasteiger partial charge in [0, 0.05) is 56.6 Å². The van der Waals surface area contributed by atoms with Gasteiger partial charge in [-0.25, -0.2) is 0 Å². The van der Waals surface area contributed by atoms with Gasteiger partial charge in [0.2, 0.25) is 0 Å². The topological polar surface area (TPSA) is 66.0 Å². The van der Waals surface area contributed by atoms with E-state index in [2.05, 4.69) is 27.4 Å². The Hall–Kier alpha value is -0.710. The van der Waals surface area contributed by atoms with Gasteiger partial charge < -0.3 is 20.3 Å². The van der Waals surface area contributed by atoms with E-state index in [1.807, 2.05) is 30.3 Å². The van der Waals surface area contributed by atoms with E-state index in [0.717, 1.165) is 62.9 Å². The lowest BCUT2D eigenvalue weighted by atomic mass is 10.1. The van der Waals surface area contributed by atoms with Crippen LogP contribution < -0.4 is 10.6 Å². The number of nitrogens with one attached hydrogen (secondary N) is 2. The molecule has 0 aromatic heterocycles. The highest BCUT2D eigenvalue weighted by Gasteiger charge is 2.19. The van der Waals surface area contributed by atoms with Crippen LogP contribution in [-0.2, 0) is 15.5 Å². The molecule has 1 heterocycles. The molecule has 1 saturated heterocycles. The van der Waals surface area contributed by atoms with Crippen molar-refractivity contribution >= 4 is 40.7 Å². The van der Waals surface area contributed by atoms with Crippen molar-refractivity contribution < 1.29 is 8.95 Å². The fraction of sp³-hybridized carbons (Fsp3) is 0.650. The predicted molar refractivity (Wildman–Crippen MR) is 128 cm³/mol. The molecular formula is C20H35IN4O2S. The quantitative estimate of drug-likeness (QED) is 0.214. The zero-order chi connectivity index (χ0) is 19.3. The first-order valence-electron chi connectivity index (χ1n) is 9.92. The number of rotatable bonds is 10. The molecule has 28 heavy (non-hydrogen) atoms. The first-order chi connectivity index (χ1) is 13.2. The summed E-state index contributed by atoms with van der Waals surface area (Å²) in [5.41, 5.74) is 0. The molecular weight excluding hydrogens is 487 g/mol. The highest BCUT2D eigenvalue weighted by molar-refractivity contribution is 14.0. The van der Waals surface area contributed by atoms with Gasteiger partial charge in [-0.05, 0) is 38.3 Å². The third kappa shape index (κ3) is 9.67. The van der Waals surface area contributed by atoms with Crippen molar-refractivity contribution in [1.82, 2.24) is 15.5 Å². The Labute approximate surface area is 189 Å². The average molecular weight is 522 g/mol. The summed E-state index contributed by atoms with van der Waals surface area (Å²) < 4.78 is 17.4. The van der Waals surface area contributed by atoms with Crippen molar-refractivity contribution in [2.75, 3.05) is 52.2 Å². The highest BCUT2D eigenvalue weighted by Crippen LogP contribution is 2.10. The first kappa shape index (κ1) is 25.3. The van der Waals surface area contributed by atoms with Crippen LogP contribution >= 0.6 is 24.0 Å². The molecule has 0 saturated carbocycles. The van der Waals surface area contributed by atoms with Crippen LogP contribution in [0.25, 0.3) is 0 Å². The van der Waals surface area contributed by atoms with Crippen LogP contribution in [0.3, 0.4) is 0 Å². The van der Waals surface area contributed by atoms with Gasteiger partial charge in [0.1, 0.15) is 0 Å². The van der Waals surface area contributed by atoms with E-state index in [4.69, 9.17) is 4.74 Å². The Bertz CT molecular complexity index is 581. The number of hydrogen-bond donors (Lipinski definition) is 2. The second-order valence-electron chi connectivity index (χ2n) is 6.73. The van der Waals surface area contributed by atoms with E-state index in [1.165, 1.54) is 0 Å². The number of halogens is 1. The monoisotopic (exact) mass is 522 g/mol. The zero-order valence-corrected chi connectivity index (χ0v) is 20.2. The molecule has 2 N–H and O–H groups in total. The van der Waals surface area contributed by atoms with Gasteiger partial charge in [0.05, 0.1) is 17.3 Å². The van der Waals surface area contributed by atoms with Crippen LogP contribution in [0.1, 0.15) is 26.2 Å². The minimum absolute atomic E-state index is 0. The van der Waals surface area contributed by atoms with E-state index in [-0.39, 0.29) is 24.0 Å². The second kappa shape index (κ2) is 15.2. The molecule has 160 valence electrons. The van der Waals surface area contributed by atoms with Crippen LogP contribution in [0.5, 0.6) is 0 Å². The molecule has 0 bridgehead atoms. The van der Waals surface area contributed by atoms with E-state index < -0.39 is 10.8 Å². The number of nitrogens with zero attached hydrogens (tertiary/aromatic N) is 2. The number of hydrogen-bond acceptors (Lipinski definition) is 4. The lowest BCUT2D eigenvalue weighted by Crippen LogP contribution is -2.49. The molecule has 0 spiro atoms. The van der Waals surface area contributed by atoms with E-state index in [9.17, 15) is 4.21 Å². The third-order valence-electron chi connectivity index (χ3n) is 4.65. The second-order valence-corrected chi connectivity index (χ2v) is 8.30. The van der Waals surface area contributed by atoms with Crippen molar-refractivity contribution in [2.45, 2.75) is 37.1 Å². The Morgan fingerprint density at radius 2 is 2.00 bits per heavy atom. The lowest BCUT2D eigenvalue weighted by molar-refractivity contribution is 0.155. The first-order valence-corrected chi connectivity index (χ1v) is 11.2. The molecule has 1 aromatic carbocycles. The molecule has 0 amide bonds. The van der Waals surface area contributed by atoms with Gasteiger partial charge in [0.15, 0.2) is 5.96 Å². The summed E-state index contributed by atoms with van der Waals surface area (Å²) in [5, 5.41) is 6.85. The predicted octanol–water partition coefficient (Wildman–Crippen LogP) is 2.47. The number of guanidine groups is 1. The summed E-state index contributed by atoms with van der Waals surface area (Å²) in [6.45, 7) is 7.60. The fourth-order valence-corrected chi connectivity index (χ4v) is 4.13. The van der Waals surface area contributed by atoms with Gasteiger partial charge in [-0.3, -0.25) is 9.20 Å². The van der Waals surface area contributed by atoms with Gasteiger partial charge in [0.25, 0.3) is 0 Å². The van der Waals surface area contributed by atoms with Crippen LogP contribution in [0.15, 0.2) is 40.2 Å². The van der Waals surface area contributed by atoms with Crippen LogP contribution in [0.2, 0.25) is 0 Å². The summed E-state index contributed by atoms with van der Waals surface area (Å²) in [6, 6.07) is 10.0. The third-order valence-corrected chi connectivity index (χ3v) is 6.00. The summed E-state index contributed by atoms with van der Waals surface area (Å²) >= 11 is 0. The van der Waals surface area contributed by atoms with Crippen molar-refractivity contribution in [2.24, 2.45) is 4.99 Å². The number of aliphatic imine (C=N–C) groups is 1. The van der Waals surface area contributed by atoms with E-state index in [0.29, 0.717) is 18.3 Å². The van der Waals surface area contributed by atoms with Crippen LogP contribution in [0.4, 0.5) is 0 Å². The molecule has 6 nitrogen and oxygen atoms in total. The molecule has 1 aliphatic rings. The Morgan fingerprint density at radius 3 is 2.64 bits per heavy atom. The minimum atomic E-state index is -0.999. The Morgan fingerprint density at radius 1 is 1.29 bits per heavy atom. The number of piperidine rings is 1. The van der Waals surface area contributed by atoms with E-state index >= 15 is 0 Å². The van der Waals surface area contributed by atoms with Gasteiger partial charge in [-0.1, -0.05) is 18.2 Å². The van der Waals surface area contributed by atoms with Crippen LogP contribution in [-0.4, -0.2) is 73.3 Å². The fourth-order valence-electron chi connectivity index (χ4n) is 3.18. The minimum Gasteiger partial charge on any atom is -0.385 e. The summed E-state index contributed by atoms with van der Waals surface area (Å²) in [7, 11) is 0.758. The molecule has 2 rings (SSSR count). The number of methoxy groups -OCH3 is 1. The number of benzene rings is 1. The van der Waals surface area contributed by atoms with Crippen molar-refractivity contribution in [3.8, 4) is 0 Å². The Kier molecular flexibility index (Phi) is 13.7. The van der Waals surface area contributed by atoms with Gasteiger partial charge in [-0.2, -0.15) is 0 Å². The van der Waals surface area contributed by atoms with Crippen molar-refractivity contribution in [3.63, 3.8) is 0 Å². The van der Waals surface area contributed by atoms with Crippen molar-refractivity contribution in [1.29, 1.82) is 0 Å². The zero-order valence-electron chi connectivity index (χ0n) is 17.1. The molecule has 1 fully saturated rings. The molecule has 0 aliphatic carbocycles. The molecule has 1 unspecified atom stereocenters. The maximum Gasteiger partial charge on any atom is 0.191 e. The number of likely N-dealkylation sites (tertiary alicyclic amines) is 1. The Balaban J connectivity index is 0.00000392. The molecule has 1 aromatic rings. The summed E-state index contributed by atoms with van der Waals surface area (Å²) in [6.07, 6.45) is 3.33. The SMILES string of the molecule is CCNC(=NCCS(=O)c1ccccc1)NC1CCN(CCCOC)CC1.I. The standard InChI is InChI=1S/C20H34N4O2S.HI/c1-3-21-20(22-12-17-27(25)19-8-5-4-6-9-19)23-18-10-14-24(15-11-18)13-7-16-26-2;/h4-6,8-9,18H,3,7,10-17H2,1-2H3,(H2,21,22,23);1H. The normalized spacial score (nSPS) is 17.0. The maximum atomic E-state index is 12.3. The summed E-state index contributed by atoms with van der Waals surface area (Å²) in [5.74, 6) is 1.37. The molecule has 1 atom stereocenters. The maximum absolute atomic E-state index is 12.3. The average Bonchev–Trinajstić information content (AvgIpc) is 2.70.